The largest absolute Gasteiger partial charge is 0.396 e. The third-order valence-electron chi connectivity index (χ3n) is 6.55. The molecule has 148 valence electrons. The Hall–Kier alpha value is -1.70. The minimum atomic E-state index is 0.00396. The lowest BCUT2D eigenvalue weighted by molar-refractivity contribution is -0.0832. The predicted octanol–water partition coefficient (Wildman–Crippen LogP) is 1.82. The zero-order chi connectivity index (χ0) is 18.9. The summed E-state index contributed by atoms with van der Waals surface area (Å²) >= 11 is 0. The van der Waals surface area contributed by atoms with Crippen LogP contribution in [-0.4, -0.2) is 61.9 Å². The van der Waals surface area contributed by atoms with E-state index >= 15 is 0 Å². The molecule has 2 aliphatic rings. The van der Waals surface area contributed by atoms with E-state index in [1.54, 1.807) is 0 Å². The molecule has 2 aliphatic heterocycles. The summed E-state index contributed by atoms with van der Waals surface area (Å²) in [5.41, 5.74) is 1.01. The summed E-state index contributed by atoms with van der Waals surface area (Å²) in [6, 6.07) is 2.41. The summed E-state index contributed by atoms with van der Waals surface area (Å²) in [5.74, 6) is 2.03. The van der Waals surface area contributed by atoms with Gasteiger partial charge in [-0.3, -0.25) is 9.80 Å². The average molecular weight is 374 g/mol. The van der Waals surface area contributed by atoms with Crippen LogP contribution in [0.1, 0.15) is 43.5 Å². The third-order valence-corrected chi connectivity index (χ3v) is 6.55. The predicted molar refractivity (Wildman–Crippen MR) is 102 cm³/mol. The summed E-state index contributed by atoms with van der Waals surface area (Å²) in [5, 5.41) is 14.4. The summed E-state index contributed by atoms with van der Waals surface area (Å²) in [6.07, 6.45) is 8.03. The first kappa shape index (κ1) is 18.7. The molecule has 0 radical (unpaired) electrons. The number of fused-ring (bicyclic) bond motifs is 1. The Bertz CT molecular complexity index is 757. The second-order valence-corrected chi connectivity index (χ2v) is 8.19. The number of likely N-dealkylation sites (tertiary alicyclic amines) is 2. The lowest BCUT2D eigenvalue weighted by atomic mass is 9.69. The molecular formula is C20H31N5O2. The fraction of sp³-hybridized carbons (Fsp3) is 0.700. The van der Waals surface area contributed by atoms with Crippen LogP contribution in [0.3, 0.4) is 0 Å². The fourth-order valence-corrected chi connectivity index (χ4v) is 4.80. The topological polar surface area (TPSA) is 70.6 Å². The molecule has 7 nitrogen and oxygen atoms in total. The molecule has 7 heteroatoms. The maximum absolute atomic E-state index is 10.3. The van der Waals surface area contributed by atoms with Crippen LogP contribution in [-0.2, 0) is 26.6 Å². The molecule has 0 saturated carbocycles. The lowest BCUT2D eigenvalue weighted by Gasteiger charge is -2.54. The molecule has 0 aliphatic carbocycles. The smallest absolute Gasteiger partial charge is 0.150 e. The molecule has 4 heterocycles. The molecule has 2 fully saturated rings. The number of rotatable bonds is 6. The first-order valence-corrected chi connectivity index (χ1v) is 10.1. The van der Waals surface area contributed by atoms with Crippen molar-refractivity contribution in [2.75, 3.05) is 26.2 Å². The molecule has 0 aromatic carbocycles. The number of aliphatic hydroxyl groups is 1. The van der Waals surface area contributed by atoms with Gasteiger partial charge in [0, 0.05) is 43.5 Å². The molecular weight excluding hydrogens is 342 g/mol. The Morgan fingerprint density at radius 1 is 1.30 bits per heavy atom. The van der Waals surface area contributed by atoms with Crippen molar-refractivity contribution in [2.45, 2.75) is 51.7 Å². The first-order chi connectivity index (χ1) is 13.1. The molecule has 0 unspecified atom stereocenters. The number of imidazole rings is 1. The minimum absolute atomic E-state index is 0.00396. The van der Waals surface area contributed by atoms with Crippen LogP contribution in [0.5, 0.6) is 0 Å². The standard InChI is InChI=1S/C20H31N5O2/c1-3-16-11-17(27-22-16)12-25-8-4-5-20(15-26)6-9-24(13-18(20)25)14-19-21-7-10-23(19)2/h7,10-11,18,26H,3-6,8-9,12-15H2,1-2H3/t18-,20-/m1/s1. The second-order valence-electron chi connectivity index (χ2n) is 8.19. The van der Waals surface area contributed by atoms with Gasteiger partial charge in [0.15, 0.2) is 5.76 Å². The van der Waals surface area contributed by atoms with Gasteiger partial charge in [-0.2, -0.15) is 0 Å². The third kappa shape index (κ3) is 3.68. The number of nitrogens with zero attached hydrogens (tertiary/aromatic N) is 5. The highest BCUT2D eigenvalue weighted by atomic mass is 16.5. The highest BCUT2D eigenvalue weighted by molar-refractivity contribution is 5.08. The Labute approximate surface area is 161 Å². The van der Waals surface area contributed by atoms with Gasteiger partial charge < -0.3 is 14.2 Å². The highest BCUT2D eigenvalue weighted by Gasteiger charge is 2.47. The fourth-order valence-electron chi connectivity index (χ4n) is 4.80. The SMILES string of the molecule is CCc1cc(CN2CCC[C@]3(CO)CCN(Cc4nccn4C)C[C@@H]23)on1. The molecule has 27 heavy (non-hydrogen) atoms. The monoisotopic (exact) mass is 373 g/mol. The van der Waals surface area contributed by atoms with Crippen LogP contribution in [0.25, 0.3) is 0 Å². The zero-order valence-electron chi connectivity index (χ0n) is 16.5. The van der Waals surface area contributed by atoms with Crippen LogP contribution in [0.15, 0.2) is 23.0 Å². The molecule has 1 N–H and O–H groups in total. The number of aryl methyl sites for hydroxylation is 2. The van der Waals surface area contributed by atoms with Crippen LogP contribution >= 0.6 is 0 Å². The van der Waals surface area contributed by atoms with Gasteiger partial charge in [-0.15, -0.1) is 0 Å². The van der Waals surface area contributed by atoms with Gasteiger partial charge in [0.25, 0.3) is 0 Å². The van der Waals surface area contributed by atoms with E-state index in [0.29, 0.717) is 6.04 Å². The van der Waals surface area contributed by atoms with E-state index in [2.05, 4.69) is 37.5 Å². The van der Waals surface area contributed by atoms with E-state index in [1.165, 1.54) is 0 Å². The van der Waals surface area contributed by atoms with Crippen molar-refractivity contribution in [3.8, 4) is 0 Å². The van der Waals surface area contributed by atoms with Crippen molar-refractivity contribution in [2.24, 2.45) is 12.5 Å². The minimum Gasteiger partial charge on any atom is -0.396 e. The van der Waals surface area contributed by atoms with Gasteiger partial charge in [0.1, 0.15) is 5.82 Å². The molecule has 4 rings (SSSR count). The van der Waals surface area contributed by atoms with Crippen molar-refractivity contribution in [1.29, 1.82) is 0 Å². The summed E-state index contributed by atoms with van der Waals surface area (Å²) in [6.45, 7) is 7.01. The van der Waals surface area contributed by atoms with E-state index in [1.807, 2.05) is 19.4 Å². The van der Waals surface area contributed by atoms with Gasteiger partial charge in [0.05, 0.1) is 25.4 Å². The molecule has 0 spiro atoms. The van der Waals surface area contributed by atoms with Crippen molar-refractivity contribution in [3.05, 3.63) is 35.7 Å². The van der Waals surface area contributed by atoms with E-state index in [9.17, 15) is 5.11 Å². The lowest BCUT2D eigenvalue weighted by Crippen LogP contribution is -2.62. The molecule has 0 bridgehead atoms. The summed E-state index contributed by atoms with van der Waals surface area (Å²) < 4.78 is 7.64. The molecule has 0 amide bonds. The molecule has 2 atom stereocenters. The van der Waals surface area contributed by atoms with Crippen LogP contribution in [0, 0.1) is 5.41 Å². The van der Waals surface area contributed by atoms with Gasteiger partial charge in [-0.05, 0) is 38.8 Å². The zero-order valence-corrected chi connectivity index (χ0v) is 16.5. The summed E-state index contributed by atoms with van der Waals surface area (Å²) in [7, 11) is 2.05. The molecule has 2 aromatic heterocycles. The van der Waals surface area contributed by atoms with Crippen molar-refractivity contribution in [1.82, 2.24) is 24.5 Å². The van der Waals surface area contributed by atoms with E-state index in [4.69, 9.17) is 4.52 Å². The normalized spacial score (nSPS) is 27.0. The second kappa shape index (κ2) is 7.73. The maximum atomic E-state index is 10.3. The average Bonchev–Trinajstić information content (AvgIpc) is 3.31. The number of hydrogen-bond donors (Lipinski definition) is 1. The number of piperidine rings is 2. The Balaban J connectivity index is 1.51. The Morgan fingerprint density at radius 2 is 2.19 bits per heavy atom. The first-order valence-electron chi connectivity index (χ1n) is 10.1. The van der Waals surface area contributed by atoms with E-state index in [0.717, 1.165) is 75.7 Å². The van der Waals surface area contributed by atoms with Crippen LogP contribution in [0.4, 0.5) is 0 Å². The van der Waals surface area contributed by atoms with Crippen molar-refractivity contribution in [3.63, 3.8) is 0 Å². The highest BCUT2D eigenvalue weighted by Crippen LogP contribution is 2.42. The van der Waals surface area contributed by atoms with E-state index < -0.39 is 0 Å². The number of aliphatic hydroxyl groups excluding tert-OH is 1. The Morgan fingerprint density at radius 3 is 2.89 bits per heavy atom. The van der Waals surface area contributed by atoms with Gasteiger partial charge in [-0.1, -0.05) is 12.1 Å². The molecule has 2 aromatic rings. The van der Waals surface area contributed by atoms with Crippen LogP contribution in [0.2, 0.25) is 0 Å². The van der Waals surface area contributed by atoms with Gasteiger partial charge in [-0.25, -0.2) is 4.98 Å². The number of hydrogen-bond acceptors (Lipinski definition) is 6. The van der Waals surface area contributed by atoms with Gasteiger partial charge >= 0.3 is 0 Å². The van der Waals surface area contributed by atoms with Crippen LogP contribution < -0.4 is 0 Å². The Kier molecular flexibility index (Phi) is 5.34. The van der Waals surface area contributed by atoms with Gasteiger partial charge in [0.2, 0.25) is 0 Å². The quantitative estimate of drug-likeness (QED) is 0.833. The van der Waals surface area contributed by atoms with Crippen molar-refractivity contribution >= 4 is 0 Å². The molecule has 2 saturated heterocycles. The van der Waals surface area contributed by atoms with Crippen molar-refractivity contribution < 1.29 is 9.63 Å². The summed E-state index contributed by atoms with van der Waals surface area (Å²) in [4.78, 5) is 9.47. The number of aromatic nitrogens is 3. The maximum Gasteiger partial charge on any atom is 0.150 e. The van der Waals surface area contributed by atoms with E-state index in [-0.39, 0.29) is 12.0 Å².